The van der Waals surface area contributed by atoms with Gasteiger partial charge < -0.3 is 5.32 Å². The topological polar surface area (TPSA) is 58.2 Å². The van der Waals surface area contributed by atoms with Crippen LogP contribution in [-0.2, 0) is 16.6 Å². The maximum absolute atomic E-state index is 12.7. The summed E-state index contributed by atoms with van der Waals surface area (Å²) in [5, 5.41) is 3.38. The van der Waals surface area contributed by atoms with Gasteiger partial charge in [0, 0.05) is 18.1 Å². The third kappa shape index (κ3) is 4.28. The van der Waals surface area contributed by atoms with Crippen molar-refractivity contribution in [2.45, 2.75) is 69.5 Å². The summed E-state index contributed by atoms with van der Waals surface area (Å²) >= 11 is 0. The summed E-state index contributed by atoms with van der Waals surface area (Å²) < 4.78 is 28.3. The molecule has 0 aliphatic heterocycles. The molecule has 1 aromatic carbocycles. The molecule has 1 aromatic rings. The maximum Gasteiger partial charge on any atom is 0.241 e. The molecule has 1 aliphatic rings. The van der Waals surface area contributed by atoms with Crippen molar-refractivity contribution in [2.24, 2.45) is 0 Å². The molecule has 2 N–H and O–H groups in total. The third-order valence-electron chi connectivity index (χ3n) is 4.36. The van der Waals surface area contributed by atoms with Gasteiger partial charge in [0.2, 0.25) is 10.0 Å². The van der Waals surface area contributed by atoms with Crippen LogP contribution in [0.2, 0.25) is 0 Å². The molecule has 1 fully saturated rings. The zero-order chi connectivity index (χ0) is 15.5. The summed E-state index contributed by atoms with van der Waals surface area (Å²) in [5.74, 6) is 0. The Labute approximate surface area is 128 Å². The zero-order valence-electron chi connectivity index (χ0n) is 13.1. The standard InChI is InChI=1S/C16H26N2O2S/c1-4-16(3,5-2)18-21(19,20)15-9-7-6-8-13(15)12-17-14-10-11-14/h6-9,14,17-18H,4-5,10-12H2,1-3H3. The molecule has 118 valence electrons. The monoisotopic (exact) mass is 310 g/mol. The average molecular weight is 310 g/mol. The molecule has 0 unspecified atom stereocenters. The lowest BCUT2D eigenvalue weighted by atomic mass is 9.98. The Hall–Kier alpha value is -0.910. The van der Waals surface area contributed by atoms with E-state index in [1.165, 1.54) is 12.8 Å². The van der Waals surface area contributed by atoms with E-state index < -0.39 is 15.6 Å². The predicted molar refractivity (Wildman–Crippen MR) is 85.6 cm³/mol. The average Bonchev–Trinajstić information content (AvgIpc) is 3.29. The normalized spacial score (nSPS) is 16.1. The number of benzene rings is 1. The predicted octanol–water partition coefficient (Wildman–Crippen LogP) is 2.80. The molecule has 2 rings (SSSR count). The second kappa shape index (κ2) is 6.46. The molecule has 1 aliphatic carbocycles. The molecule has 0 spiro atoms. The van der Waals surface area contributed by atoms with Crippen molar-refractivity contribution in [2.75, 3.05) is 0 Å². The van der Waals surface area contributed by atoms with Crippen molar-refractivity contribution < 1.29 is 8.42 Å². The minimum Gasteiger partial charge on any atom is -0.310 e. The van der Waals surface area contributed by atoms with E-state index in [1.807, 2.05) is 32.9 Å². The number of rotatable bonds is 8. The lowest BCUT2D eigenvalue weighted by Crippen LogP contribution is -2.45. The van der Waals surface area contributed by atoms with Crippen LogP contribution in [0, 0.1) is 0 Å². The molecule has 4 nitrogen and oxygen atoms in total. The van der Waals surface area contributed by atoms with E-state index in [4.69, 9.17) is 0 Å². The quantitative estimate of drug-likeness (QED) is 0.776. The fraction of sp³-hybridized carbons (Fsp3) is 0.625. The van der Waals surface area contributed by atoms with Gasteiger partial charge in [0.05, 0.1) is 4.90 Å². The molecule has 1 saturated carbocycles. The zero-order valence-corrected chi connectivity index (χ0v) is 14.0. The molecular weight excluding hydrogens is 284 g/mol. The van der Waals surface area contributed by atoms with Crippen molar-refractivity contribution in [3.05, 3.63) is 29.8 Å². The van der Waals surface area contributed by atoms with Crippen LogP contribution < -0.4 is 10.0 Å². The Morgan fingerprint density at radius 2 is 1.81 bits per heavy atom. The molecular formula is C16H26N2O2S. The second-order valence-electron chi connectivity index (χ2n) is 6.14. The molecule has 0 saturated heterocycles. The third-order valence-corrected chi connectivity index (χ3v) is 6.10. The molecule has 0 atom stereocenters. The minimum atomic E-state index is -3.49. The summed E-state index contributed by atoms with van der Waals surface area (Å²) in [6, 6.07) is 7.81. The number of nitrogens with one attached hydrogen (secondary N) is 2. The molecule has 0 heterocycles. The molecule has 0 aromatic heterocycles. The van der Waals surface area contributed by atoms with E-state index in [0.29, 0.717) is 17.5 Å². The summed E-state index contributed by atoms with van der Waals surface area (Å²) in [5.41, 5.74) is 0.446. The van der Waals surface area contributed by atoms with E-state index >= 15 is 0 Å². The SMILES string of the molecule is CCC(C)(CC)NS(=O)(=O)c1ccccc1CNC1CC1. The molecule has 21 heavy (non-hydrogen) atoms. The van der Waals surface area contributed by atoms with Crippen LogP contribution in [0.25, 0.3) is 0 Å². The molecule has 0 radical (unpaired) electrons. The minimum absolute atomic E-state index is 0.393. The lowest BCUT2D eigenvalue weighted by molar-refractivity contribution is 0.388. The highest BCUT2D eigenvalue weighted by Gasteiger charge is 2.29. The van der Waals surface area contributed by atoms with Gasteiger partial charge in [0.1, 0.15) is 0 Å². The largest absolute Gasteiger partial charge is 0.310 e. The van der Waals surface area contributed by atoms with Gasteiger partial charge in [-0.2, -0.15) is 0 Å². The van der Waals surface area contributed by atoms with E-state index in [-0.39, 0.29) is 0 Å². The van der Waals surface area contributed by atoms with Crippen LogP contribution in [0.15, 0.2) is 29.2 Å². The van der Waals surface area contributed by atoms with Gasteiger partial charge >= 0.3 is 0 Å². The Kier molecular flexibility index (Phi) is 5.07. The summed E-state index contributed by atoms with van der Waals surface area (Å²) in [6.07, 6.45) is 3.92. The van der Waals surface area contributed by atoms with Gasteiger partial charge in [0.25, 0.3) is 0 Å². The van der Waals surface area contributed by atoms with Crippen LogP contribution in [-0.4, -0.2) is 20.0 Å². The summed E-state index contributed by atoms with van der Waals surface area (Å²) in [7, 11) is -3.49. The Bertz CT molecular complexity index is 576. The fourth-order valence-electron chi connectivity index (χ4n) is 2.23. The van der Waals surface area contributed by atoms with E-state index in [1.54, 1.807) is 12.1 Å². The van der Waals surface area contributed by atoms with Crippen molar-refractivity contribution >= 4 is 10.0 Å². The van der Waals surface area contributed by atoms with Gasteiger partial charge in [-0.15, -0.1) is 0 Å². The molecule has 0 bridgehead atoms. The summed E-state index contributed by atoms with van der Waals surface area (Å²) in [4.78, 5) is 0.395. The summed E-state index contributed by atoms with van der Waals surface area (Å²) in [6.45, 7) is 6.57. The van der Waals surface area contributed by atoms with Crippen LogP contribution in [0.1, 0.15) is 52.0 Å². The van der Waals surface area contributed by atoms with Crippen molar-refractivity contribution in [3.8, 4) is 0 Å². The fourth-order valence-corrected chi connectivity index (χ4v) is 4.02. The van der Waals surface area contributed by atoms with Crippen LogP contribution in [0.4, 0.5) is 0 Å². The highest BCUT2D eigenvalue weighted by atomic mass is 32.2. The van der Waals surface area contributed by atoms with Crippen LogP contribution >= 0.6 is 0 Å². The first-order valence-corrected chi connectivity index (χ1v) is 9.24. The first-order chi connectivity index (χ1) is 9.90. The maximum atomic E-state index is 12.7. The van der Waals surface area contributed by atoms with E-state index in [9.17, 15) is 8.42 Å². The Morgan fingerprint density at radius 3 is 2.38 bits per heavy atom. The van der Waals surface area contributed by atoms with Crippen LogP contribution in [0.5, 0.6) is 0 Å². The first kappa shape index (κ1) is 16.5. The van der Waals surface area contributed by atoms with Gasteiger partial charge in [-0.3, -0.25) is 0 Å². The first-order valence-electron chi connectivity index (χ1n) is 7.75. The smallest absolute Gasteiger partial charge is 0.241 e. The number of hydrogen-bond acceptors (Lipinski definition) is 3. The van der Waals surface area contributed by atoms with Crippen molar-refractivity contribution in [3.63, 3.8) is 0 Å². The number of sulfonamides is 1. The van der Waals surface area contributed by atoms with E-state index in [2.05, 4.69) is 10.0 Å². The Morgan fingerprint density at radius 1 is 1.19 bits per heavy atom. The highest BCUT2D eigenvalue weighted by molar-refractivity contribution is 7.89. The highest BCUT2D eigenvalue weighted by Crippen LogP contribution is 2.23. The molecule has 5 heteroatoms. The van der Waals surface area contributed by atoms with Crippen molar-refractivity contribution in [1.82, 2.24) is 10.0 Å². The lowest BCUT2D eigenvalue weighted by Gasteiger charge is -2.28. The van der Waals surface area contributed by atoms with Gasteiger partial charge in [-0.05, 0) is 44.2 Å². The van der Waals surface area contributed by atoms with Crippen molar-refractivity contribution in [1.29, 1.82) is 0 Å². The van der Waals surface area contributed by atoms with Gasteiger partial charge in [-0.1, -0.05) is 32.0 Å². The van der Waals surface area contributed by atoms with E-state index in [0.717, 1.165) is 18.4 Å². The Balaban J connectivity index is 2.22. The second-order valence-corrected chi connectivity index (χ2v) is 7.79. The van der Waals surface area contributed by atoms with Crippen LogP contribution in [0.3, 0.4) is 0 Å². The van der Waals surface area contributed by atoms with Gasteiger partial charge in [-0.25, -0.2) is 13.1 Å². The van der Waals surface area contributed by atoms with Gasteiger partial charge in [0.15, 0.2) is 0 Å². The molecule has 0 amide bonds. The number of hydrogen-bond donors (Lipinski definition) is 2.